The highest BCUT2D eigenvalue weighted by atomic mass is 35.5. The second-order valence-electron chi connectivity index (χ2n) is 2.97. The smallest absolute Gasteiger partial charge is 0.221 e. The molecule has 2 heterocycles. The van der Waals surface area contributed by atoms with Crippen LogP contribution < -0.4 is 0 Å². The van der Waals surface area contributed by atoms with E-state index in [-0.39, 0.29) is 16.0 Å². The number of aromatic nitrogens is 4. The fourth-order valence-corrected chi connectivity index (χ4v) is 1.39. The topological polar surface area (TPSA) is 43.6 Å². The van der Waals surface area contributed by atoms with Crippen LogP contribution in [-0.2, 0) is 6.18 Å². The van der Waals surface area contributed by atoms with Crippen LogP contribution in [0.15, 0.2) is 18.5 Å². The maximum atomic E-state index is 12.4. The largest absolute Gasteiger partial charge is 0.451 e. The minimum absolute atomic E-state index is 0.107. The molecule has 0 aliphatic carbocycles. The quantitative estimate of drug-likeness (QED) is 0.756. The van der Waals surface area contributed by atoms with Gasteiger partial charge >= 0.3 is 6.18 Å². The van der Waals surface area contributed by atoms with Crippen molar-refractivity contribution in [3.63, 3.8) is 0 Å². The summed E-state index contributed by atoms with van der Waals surface area (Å²) in [5, 5.41) is 3.67. The lowest BCUT2D eigenvalue weighted by molar-refractivity contribution is -0.145. The third kappa shape index (κ3) is 2.67. The van der Waals surface area contributed by atoms with Crippen LogP contribution in [0.1, 0.15) is 5.82 Å². The zero-order valence-corrected chi connectivity index (χ0v) is 9.42. The van der Waals surface area contributed by atoms with Crippen LogP contribution in [0.4, 0.5) is 13.2 Å². The molecular formula is C8H3Cl2F3N4. The van der Waals surface area contributed by atoms with Crippen LogP contribution in [0.25, 0.3) is 5.82 Å². The van der Waals surface area contributed by atoms with E-state index < -0.39 is 12.0 Å². The number of nitrogens with zero attached hydrogens (tertiary/aromatic N) is 4. The van der Waals surface area contributed by atoms with Gasteiger partial charge in [0.2, 0.25) is 5.82 Å². The predicted octanol–water partition coefficient (Wildman–Crippen LogP) is 2.99. The highest BCUT2D eigenvalue weighted by Crippen LogP contribution is 2.27. The molecule has 17 heavy (non-hydrogen) atoms. The van der Waals surface area contributed by atoms with Crippen molar-refractivity contribution in [3.05, 3.63) is 34.5 Å². The van der Waals surface area contributed by atoms with Gasteiger partial charge in [-0.2, -0.15) is 18.3 Å². The molecule has 4 nitrogen and oxygen atoms in total. The van der Waals surface area contributed by atoms with Crippen LogP contribution in [0.5, 0.6) is 0 Å². The van der Waals surface area contributed by atoms with Crippen molar-refractivity contribution in [1.29, 1.82) is 0 Å². The van der Waals surface area contributed by atoms with Crippen molar-refractivity contribution in [1.82, 2.24) is 19.7 Å². The third-order valence-corrected chi connectivity index (χ3v) is 2.11. The van der Waals surface area contributed by atoms with Crippen LogP contribution >= 0.6 is 23.2 Å². The zero-order chi connectivity index (χ0) is 12.6. The molecule has 0 fully saturated rings. The molecule has 0 unspecified atom stereocenters. The van der Waals surface area contributed by atoms with E-state index in [0.29, 0.717) is 0 Å². The van der Waals surface area contributed by atoms with E-state index in [1.54, 1.807) is 0 Å². The van der Waals surface area contributed by atoms with Crippen molar-refractivity contribution in [2.45, 2.75) is 6.18 Å². The van der Waals surface area contributed by atoms with E-state index in [1.165, 1.54) is 12.4 Å². The second kappa shape index (κ2) is 4.15. The molecule has 0 atom stereocenters. The highest BCUT2D eigenvalue weighted by molar-refractivity contribution is 6.30. The van der Waals surface area contributed by atoms with E-state index >= 15 is 0 Å². The summed E-state index contributed by atoms with van der Waals surface area (Å²) in [6.07, 6.45) is -2.10. The van der Waals surface area contributed by atoms with E-state index in [1.807, 2.05) is 0 Å². The summed E-state index contributed by atoms with van der Waals surface area (Å²) in [4.78, 5) is 6.40. The lowest BCUT2D eigenvalue weighted by Gasteiger charge is -2.07. The van der Waals surface area contributed by atoms with Crippen molar-refractivity contribution in [3.8, 4) is 5.82 Å². The molecule has 0 bridgehead atoms. The third-order valence-electron chi connectivity index (χ3n) is 1.72. The second-order valence-corrected chi connectivity index (χ2v) is 3.80. The Bertz CT molecular complexity index is 552. The first-order chi connectivity index (χ1) is 7.86. The summed E-state index contributed by atoms with van der Waals surface area (Å²) >= 11 is 11.1. The van der Waals surface area contributed by atoms with E-state index in [4.69, 9.17) is 23.2 Å². The minimum Gasteiger partial charge on any atom is -0.221 e. The predicted molar refractivity (Wildman–Crippen MR) is 54.2 cm³/mol. The summed E-state index contributed by atoms with van der Waals surface area (Å²) in [6, 6.07) is 1.15. The molecule has 9 heteroatoms. The van der Waals surface area contributed by atoms with Gasteiger partial charge in [0.25, 0.3) is 0 Å². The van der Waals surface area contributed by atoms with Crippen LogP contribution in [0, 0.1) is 0 Å². The van der Waals surface area contributed by atoms with Crippen molar-refractivity contribution < 1.29 is 13.2 Å². The van der Waals surface area contributed by atoms with Gasteiger partial charge in [0.1, 0.15) is 5.15 Å². The molecule has 90 valence electrons. The number of halogens is 5. The lowest BCUT2D eigenvalue weighted by Crippen LogP contribution is -2.13. The number of hydrogen-bond donors (Lipinski definition) is 0. The fraction of sp³-hybridized carbons (Fsp3) is 0.125. The lowest BCUT2D eigenvalue weighted by atomic mass is 10.5. The van der Waals surface area contributed by atoms with E-state index in [0.717, 1.165) is 10.7 Å². The summed E-state index contributed by atoms with van der Waals surface area (Å²) < 4.78 is 38.4. The van der Waals surface area contributed by atoms with Crippen molar-refractivity contribution in [2.24, 2.45) is 0 Å². The van der Waals surface area contributed by atoms with Crippen LogP contribution in [-0.4, -0.2) is 19.7 Å². The van der Waals surface area contributed by atoms with Gasteiger partial charge in [-0.05, 0) is 0 Å². The molecule has 0 spiro atoms. The first-order valence-corrected chi connectivity index (χ1v) is 4.94. The summed E-state index contributed by atoms with van der Waals surface area (Å²) in [5.74, 6) is -1.43. The van der Waals surface area contributed by atoms with Gasteiger partial charge in [-0.1, -0.05) is 23.2 Å². The maximum absolute atomic E-state index is 12.4. The van der Waals surface area contributed by atoms with E-state index in [9.17, 15) is 13.2 Å². The van der Waals surface area contributed by atoms with Gasteiger partial charge in [-0.3, -0.25) is 0 Å². The number of hydrogen-bond acceptors (Lipinski definition) is 3. The summed E-state index contributed by atoms with van der Waals surface area (Å²) in [7, 11) is 0. The van der Waals surface area contributed by atoms with Crippen molar-refractivity contribution in [2.75, 3.05) is 0 Å². The average molecular weight is 283 g/mol. The Morgan fingerprint density at radius 2 is 1.88 bits per heavy atom. The Balaban J connectivity index is 2.52. The number of alkyl halides is 3. The molecule has 2 aromatic rings. The van der Waals surface area contributed by atoms with Gasteiger partial charge in [-0.25, -0.2) is 14.6 Å². The fourth-order valence-electron chi connectivity index (χ4n) is 1.08. The molecule has 0 amide bonds. The molecule has 2 aromatic heterocycles. The molecule has 2 rings (SSSR count). The standard InChI is InChI=1S/C8H3Cl2F3N4/c9-4-2-14-17(3-4)6-1-5(10)15-7(16-6)8(11,12)13/h1-3H. The Morgan fingerprint density at radius 3 is 2.41 bits per heavy atom. The maximum Gasteiger partial charge on any atom is 0.451 e. The van der Waals surface area contributed by atoms with Crippen LogP contribution in [0.2, 0.25) is 10.2 Å². The Labute approximate surface area is 103 Å². The van der Waals surface area contributed by atoms with Gasteiger partial charge in [0, 0.05) is 6.07 Å². The molecule has 0 aliphatic heterocycles. The normalized spacial score (nSPS) is 11.8. The molecule has 0 saturated heterocycles. The molecule has 0 N–H and O–H groups in total. The Kier molecular flexibility index (Phi) is 2.96. The molecule has 0 radical (unpaired) electrons. The Morgan fingerprint density at radius 1 is 1.18 bits per heavy atom. The number of rotatable bonds is 1. The average Bonchev–Trinajstić information content (AvgIpc) is 2.62. The zero-order valence-electron chi connectivity index (χ0n) is 7.91. The Hall–Kier alpha value is -1.34. The first-order valence-electron chi connectivity index (χ1n) is 4.18. The van der Waals surface area contributed by atoms with Gasteiger partial charge in [0.15, 0.2) is 5.82 Å². The molecule has 0 saturated carbocycles. The molecular weight excluding hydrogens is 280 g/mol. The van der Waals surface area contributed by atoms with Gasteiger partial charge in [-0.15, -0.1) is 0 Å². The summed E-state index contributed by atoms with van der Waals surface area (Å²) in [5.41, 5.74) is 0. The van der Waals surface area contributed by atoms with E-state index in [2.05, 4.69) is 15.1 Å². The van der Waals surface area contributed by atoms with Gasteiger partial charge < -0.3 is 0 Å². The highest BCUT2D eigenvalue weighted by Gasteiger charge is 2.35. The SMILES string of the molecule is FC(F)(F)c1nc(Cl)cc(-n2cc(Cl)cn2)n1. The van der Waals surface area contributed by atoms with Crippen LogP contribution in [0.3, 0.4) is 0 Å². The summed E-state index contributed by atoms with van der Waals surface area (Å²) in [6.45, 7) is 0. The van der Waals surface area contributed by atoms with Gasteiger partial charge in [0.05, 0.1) is 17.4 Å². The molecule has 0 aliphatic rings. The molecule has 0 aromatic carbocycles. The first kappa shape index (κ1) is 12.1. The van der Waals surface area contributed by atoms with Crippen molar-refractivity contribution >= 4 is 23.2 Å². The minimum atomic E-state index is -4.67. The monoisotopic (exact) mass is 282 g/mol.